The summed E-state index contributed by atoms with van der Waals surface area (Å²) >= 11 is 0. The van der Waals surface area contributed by atoms with Crippen molar-refractivity contribution in [2.45, 2.75) is 39.2 Å². The van der Waals surface area contributed by atoms with Crippen LogP contribution in [0.3, 0.4) is 0 Å². The van der Waals surface area contributed by atoms with Crippen LogP contribution in [0.15, 0.2) is 24.4 Å². The van der Waals surface area contributed by atoms with E-state index in [1.54, 1.807) is 0 Å². The second-order valence-corrected chi connectivity index (χ2v) is 5.53. The first kappa shape index (κ1) is 14.0. The zero-order chi connectivity index (χ0) is 14.7. The molecule has 21 heavy (non-hydrogen) atoms. The Bertz CT molecular complexity index is 640. The fraction of sp³-hybridized carbons (Fsp3) is 0.412. The lowest BCUT2D eigenvalue weighted by Crippen LogP contribution is -2.08. The van der Waals surface area contributed by atoms with Gasteiger partial charge in [-0.3, -0.25) is 0 Å². The van der Waals surface area contributed by atoms with Gasteiger partial charge in [0.1, 0.15) is 5.75 Å². The van der Waals surface area contributed by atoms with Gasteiger partial charge in [0.15, 0.2) is 0 Å². The van der Waals surface area contributed by atoms with Crippen molar-refractivity contribution in [2.75, 3.05) is 7.05 Å². The minimum atomic E-state index is 0.420. The van der Waals surface area contributed by atoms with Crippen molar-refractivity contribution >= 4 is 0 Å². The van der Waals surface area contributed by atoms with Crippen molar-refractivity contribution in [3.05, 3.63) is 46.8 Å². The highest BCUT2D eigenvalue weighted by Crippen LogP contribution is 2.27. The maximum Gasteiger partial charge on any atom is 0.322 e. The minimum Gasteiger partial charge on any atom is -0.424 e. The van der Waals surface area contributed by atoms with Crippen LogP contribution >= 0.6 is 0 Å². The van der Waals surface area contributed by atoms with E-state index in [-0.39, 0.29) is 0 Å². The topological polar surface area (TPSA) is 47.0 Å². The number of hydrogen-bond acceptors (Lipinski definition) is 4. The normalized spacial score (nSPS) is 13.8. The summed E-state index contributed by atoms with van der Waals surface area (Å²) in [4.78, 5) is 8.72. The molecule has 1 aliphatic rings. The van der Waals surface area contributed by atoms with Crippen LogP contribution in [0.4, 0.5) is 0 Å². The molecule has 1 aromatic heterocycles. The highest BCUT2D eigenvalue weighted by atomic mass is 16.5. The number of aromatic nitrogens is 2. The minimum absolute atomic E-state index is 0.420. The number of ether oxygens (including phenoxy) is 1. The molecule has 0 saturated heterocycles. The van der Waals surface area contributed by atoms with Crippen LogP contribution in [0.25, 0.3) is 0 Å². The Morgan fingerprint density at radius 1 is 1.19 bits per heavy atom. The van der Waals surface area contributed by atoms with E-state index in [9.17, 15) is 0 Å². The first-order valence-corrected chi connectivity index (χ1v) is 7.53. The van der Waals surface area contributed by atoms with E-state index in [4.69, 9.17) is 4.74 Å². The van der Waals surface area contributed by atoms with Crippen LogP contribution in [0.5, 0.6) is 11.8 Å². The standard InChI is InChI=1S/C17H21N3O/c1-12-15(10-18-2)11-19-17(20-12)21-16-8-7-13-5-3-4-6-14(13)9-16/h7-9,11,18H,3-6,10H2,1-2H3. The summed E-state index contributed by atoms with van der Waals surface area (Å²) < 4.78 is 5.82. The van der Waals surface area contributed by atoms with E-state index in [0.29, 0.717) is 6.01 Å². The predicted octanol–water partition coefficient (Wildman–Crippen LogP) is 3.18. The Kier molecular flexibility index (Phi) is 4.15. The molecule has 0 saturated carbocycles. The van der Waals surface area contributed by atoms with Crippen molar-refractivity contribution < 1.29 is 4.74 Å². The van der Waals surface area contributed by atoms with Gasteiger partial charge in [-0.1, -0.05) is 6.07 Å². The fourth-order valence-electron chi connectivity index (χ4n) is 2.76. The first-order chi connectivity index (χ1) is 10.3. The van der Waals surface area contributed by atoms with Crippen LogP contribution in [0.1, 0.15) is 35.2 Å². The Morgan fingerprint density at radius 2 is 2.00 bits per heavy atom. The monoisotopic (exact) mass is 283 g/mol. The zero-order valence-electron chi connectivity index (χ0n) is 12.6. The van der Waals surface area contributed by atoms with E-state index in [0.717, 1.165) is 30.0 Å². The van der Waals surface area contributed by atoms with Gasteiger partial charge in [0, 0.05) is 24.0 Å². The number of rotatable bonds is 4. The molecular weight excluding hydrogens is 262 g/mol. The van der Waals surface area contributed by atoms with Crippen LogP contribution in [0.2, 0.25) is 0 Å². The van der Waals surface area contributed by atoms with E-state index < -0.39 is 0 Å². The van der Waals surface area contributed by atoms with E-state index in [2.05, 4.69) is 27.4 Å². The lowest BCUT2D eigenvalue weighted by Gasteiger charge is -2.16. The summed E-state index contributed by atoms with van der Waals surface area (Å²) in [6.07, 6.45) is 6.72. The van der Waals surface area contributed by atoms with Gasteiger partial charge in [0.2, 0.25) is 0 Å². The van der Waals surface area contributed by atoms with Gasteiger partial charge in [-0.2, -0.15) is 4.98 Å². The molecule has 2 aromatic rings. The Balaban J connectivity index is 1.78. The molecule has 1 N–H and O–H groups in total. The molecule has 0 radical (unpaired) electrons. The van der Waals surface area contributed by atoms with Crippen LogP contribution < -0.4 is 10.1 Å². The number of hydrogen-bond donors (Lipinski definition) is 1. The van der Waals surface area contributed by atoms with Crippen molar-refractivity contribution in [1.29, 1.82) is 0 Å². The highest BCUT2D eigenvalue weighted by molar-refractivity contribution is 5.38. The Morgan fingerprint density at radius 3 is 2.76 bits per heavy atom. The van der Waals surface area contributed by atoms with E-state index in [1.807, 2.05) is 26.2 Å². The van der Waals surface area contributed by atoms with Crippen LogP contribution in [-0.2, 0) is 19.4 Å². The predicted molar refractivity (Wildman–Crippen MR) is 82.7 cm³/mol. The molecule has 4 nitrogen and oxygen atoms in total. The second-order valence-electron chi connectivity index (χ2n) is 5.53. The molecule has 4 heteroatoms. The lowest BCUT2D eigenvalue weighted by atomic mass is 9.92. The summed E-state index contributed by atoms with van der Waals surface area (Å²) in [5.74, 6) is 0.830. The Labute approximate surface area is 125 Å². The smallest absolute Gasteiger partial charge is 0.322 e. The van der Waals surface area contributed by atoms with E-state index >= 15 is 0 Å². The SMILES string of the molecule is CNCc1cnc(Oc2ccc3c(c2)CCCC3)nc1C. The molecule has 0 atom stereocenters. The van der Waals surface area contributed by atoms with Gasteiger partial charge in [-0.25, -0.2) is 4.98 Å². The quantitative estimate of drug-likeness (QED) is 0.936. The lowest BCUT2D eigenvalue weighted by molar-refractivity contribution is 0.438. The first-order valence-electron chi connectivity index (χ1n) is 7.53. The molecule has 110 valence electrons. The van der Waals surface area contributed by atoms with Crippen LogP contribution in [-0.4, -0.2) is 17.0 Å². The number of nitrogens with one attached hydrogen (secondary N) is 1. The molecule has 0 fully saturated rings. The number of nitrogens with zero attached hydrogens (tertiary/aromatic N) is 2. The number of fused-ring (bicyclic) bond motifs is 1. The third-order valence-electron chi connectivity index (χ3n) is 3.96. The molecule has 3 rings (SSSR count). The molecule has 0 aliphatic heterocycles. The summed E-state index contributed by atoms with van der Waals surface area (Å²) in [5, 5.41) is 3.11. The molecule has 0 amide bonds. The molecular formula is C17H21N3O. The van der Waals surface area contributed by atoms with Gasteiger partial charge in [0.25, 0.3) is 0 Å². The van der Waals surface area contributed by atoms with Crippen LogP contribution in [0, 0.1) is 6.92 Å². The van der Waals surface area contributed by atoms with Gasteiger partial charge >= 0.3 is 6.01 Å². The maximum absolute atomic E-state index is 5.82. The summed E-state index contributed by atoms with van der Waals surface area (Å²) in [5.41, 5.74) is 4.90. The molecule has 0 bridgehead atoms. The molecule has 1 heterocycles. The van der Waals surface area contributed by atoms with Crippen molar-refractivity contribution in [2.24, 2.45) is 0 Å². The molecule has 0 spiro atoms. The summed E-state index contributed by atoms with van der Waals surface area (Å²) in [6, 6.07) is 6.74. The molecule has 1 aliphatic carbocycles. The van der Waals surface area contributed by atoms with Crippen molar-refractivity contribution in [3.8, 4) is 11.8 Å². The molecule has 1 aromatic carbocycles. The fourth-order valence-corrected chi connectivity index (χ4v) is 2.76. The third-order valence-corrected chi connectivity index (χ3v) is 3.96. The van der Waals surface area contributed by atoms with Crippen molar-refractivity contribution in [3.63, 3.8) is 0 Å². The largest absolute Gasteiger partial charge is 0.424 e. The van der Waals surface area contributed by atoms with E-state index in [1.165, 1.54) is 30.4 Å². The third kappa shape index (κ3) is 3.22. The Hall–Kier alpha value is -1.94. The summed E-state index contributed by atoms with van der Waals surface area (Å²) in [7, 11) is 1.91. The highest BCUT2D eigenvalue weighted by Gasteiger charge is 2.11. The summed E-state index contributed by atoms with van der Waals surface area (Å²) in [6.45, 7) is 2.75. The number of aryl methyl sites for hydroxylation is 3. The van der Waals surface area contributed by atoms with Gasteiger partial charge in [-0.05, 0) is 62.9 Å². The van der Waals surface area contributed by atoms with Crippen molar-refractivity contribution in [1.82, 2.24) is 15.3 Å². The maximum atomic E-state index is 5.82. The molecule has 0 unspecified atom stereocenters. The van der Waals surface area contributed by atoms with Gasteiger partial charge in [0.05, 0.1) is 0 Å². The second kappa shape index (κ2) is 6.22. The number of benzene rings is 1. The average Bonchev–Trinajstić information content (AvgIpc) is 2.50. The van der Waals surface area contributed by atoms with Gasteiger partial charge < -0.3 is 10.1 Å². The zero-order valence-corrected chi connectivity index (χ0v) is 12.6. The average molecular weight is 283 g/mol. The van der Waals surface area contributed by atoms with Gasteiger partial charge in [-0.15, -0.1) is 0 Å².